The van der Waals surface area contributed by atoms with Gasteiger partial charge in [-0.2, -0.15) is 5.26 Å². The Morgan fingerprint density at radius 1 is 1.19 bits per heavy atom. The highest BCUT2D eigenvalue weighted by molar-refractivity contribution is 6.12. The zero-order valence-corrected chi connectivity index (χ0v) is 17.7. The Labute approximate surface area is 186 Å². The molecule has 160 valence electrons. The number of primary amides is 1. The third-order valence-corrected chi connectivity index (χ3v) is 5.65. The number of anilines is 1. The summed E-state index contributed by atoms with van der Waals surface area (Å²) in [6, 6.07) is 19.6. The summed E-state index contributed by atoms with van der Waals surface area (Å²) in [4.78, 5) is 21.2. The first-order chi connectivity index (χ1) is 15.6. The molecule has 4 rings (SSSR count). The molecule has 1 aromatic heterocycles. The molecule has 0 saturated heterocycles. The minimum atomic E-state index is -0.488. The van der Waals surface area contributed by atoms with E-state index >= 15 is 0 Å². The number of rotatable bonds is 7. The second-order valence-corrected chi connectivity index (χ2v) is 7.70. The quantitative estimate of drug-likeness (QED) is 0.527. The number of nitrogens with one attached hydrogen (secondary N) is 2. The molecule has 4 N–H and O–H groups in total. The van der Waals surface area contributed by atoms with E-state index in [0.29, 0.717) is 35.3 Å². The number of aromatic nitrogens is 2. The van der Waals surface area contributed by atoms with Crippen molar-refractivity contribution in [3.8, 4) is 6.07 Å². The molecular weight excluding hydrogens is 400 g/mol. The number of likely N-dealkylation sites (N-methyl/N-ethyl adjacent to an activating group) is 1. The normalized spacial score (nSPS) is 15.8. The van der Waals surface area contributed by atoms with Crippen LogP contribution in [-0.4, -0.2) is 29.5 Å². The van der Waals surface area contributed by atoms with Crippen molar-refractivity contribution in [1.82, 2.24) is 15.3 Å². The summed E-state index contributed by atoms with van der Waals surface area (Å²) in [6.45, 7) is 0.689. The zero-order valence-electron chi connectivity index (χ0n) is 17.7. The molecule has 32 heavy (non-hydrogen) atoms. The van der Waals surface area contributed by atoms with Crippen LogP contribution in [-0.2, 0) is 4.79 Å². The molecule has 1 amide bonds. The van der Waals surface area contributed by atoms with Crippen LogP contribution in [0.4, 0.5) is 5.82 Å². The molecule has 1 heterocycles. The Hall–Kier alpha value is -4.02. The van der Waals surface area contributed by atoms with Crippen LogP contribution >= 0.6 is 0 Å². The molecule has 0 aliphatic heterocycles. The van der Waals surface area contributed by atoms with Gasteiger partial charge in [0.25, 0.3) is 0 Å². The number of hydrogen-bond acceptors (Lipinski definition) is 6. The van der Waals surface area contributed by atoms with Gasteiger partial charge in [0, 0.05) is 23.3 Å². The van der Waals surface area contributed by atoms with Crippen LogP contribution in [0, 0.1) is 11.3 Å². The summed E-state index contributed by atoms with van der Waals surface area (Å²) in [7, 11) is 1.90. The molecule has 0 fully saturated rings. The number of benzene rings is 2. The Morgan fingerprint density at radius 2 is 1.94 bits per heavy atom. The van der Waals surface area contributed by atoms with Crippen LogP contribution in [0.5, 0.6) is 0 Å². The van der Waals surface area contributed by atoms with E-state index in [-0.39, 0.29) is 12.0 Å². The summed E-state index contributed by atoms with van der Waals surface area (Å²) in [5.74, 6) is 0.0810. The lowest BCUT2D eigenvalue weighted by Crippen LogP contribution is -2.41. The third-order valence-electron chi connectivity index (χ3n) is 5.65. The van der Waals surface area contributed by atoms with Gasteiger partial charge in [-0.1, -0.05) is 48.5 Å². The summed E-state index contributed by atoms with van der Waals surface area (Å²) >= 11 is 0. The third kappa shape index (κ3) is 4.36. The molecular formula is C25H24N6O. The van der Waals surface area contributed by atoms with E-state index in [9.17, 15) is 4.79 Å². The lowest BCUT2D eigenvalue weighted by Gasteiger charge is -2.22. The van der Waals surface area contributed by atoms with Crippen molar-refractivity contribution in [3.05, 3.63) is 88.2 Å². The van der Waals surface area contributed by atoms with Gasteiger partial charge in [0.1, 0.15) is 12.1 Å². The average Bonchev–Trinajstić information content (AvgIpc) is 2.84. The van der Waals surface area contributed by atoms with Crippen LogP contribution in [0.15, 0.2) is 60.9 Å². The van der Waals surface area contributed by atoms with Crippen LogP contribution < -0.4 is 26.9 Å². The Balaban J connectivity index is 1.81. The maximum absolute atomic E-state index is 12.3. The topological polar surface area (TPSA) is 117 Å². The van der Waals surface area contributed by atoms with Crippen molar-refractivity contribution in [3.63, 3.8) is 0 Å². The van der Waals surface area contributed by atoms with E-state index in [1.807, 2.05) is 37.4 Å². The van der Waals surface area contributed by atoms with Gasteiger partial charge in [-0.25, -0.2) is 9.97 Å². The minimum Gasteiger partial charge on any atom is -0.366 e. The Morgan fingerprint density at radius 3 is 2.59 bits per heavy atom. The van der Waals surface area contributed by atoms with Crippen LogP contribution in [0.25, 0.3) is 11.6 Å². The molecule has 2 atom stereocenters. The number of nitrogens with zero attached hydrogens (tertiary/aromatic N) is 3. The smallest absolute Gasteiger partial charge is 0.246 e. The van der Waals surface area contributed by atoms with Crippen molar-refractivity contribution < 1.29 is 4.79 Å². The fourth-order valence-electron chi connectivity index (χ4n) is 4.03. The molecule has 3 aromatic rings. The van der Waals surface area contributed by atoms with Crippen molar-refractivity contribution in [2.45, 2.75) is 18.4 Å². The first kappa shape index (κ1) is 21.2. The van der Waals surface area contributed by atoms with Gasteiger partial charge in [-0.05, 0) is 36.7 Å². The number of amides is 1. The minimum absolute atomic E-state index is 0.0269. The number of fused-ring (bicyclic) bond motifs is 1. The number of carbonyl (C=O) groups excluding carboxylic acids is 1. The van der Waals surface area contributed by atoms with Crippen molar-refractivity contribution in [2.75, 3.05) is 18.9 Å². The van der Waals surface area contributed by atoms with Gasteiger partial charge in [-0.3, -0.25) is 4.79 Å². The number of hydrogen-bond donors (Lipinski definition) is 3. The van der Waals surface area contributed by atoms with Crippen molar-refractivity contribution >= 4 is 23.4 Å². The van der Waals surface area contributed by atoms with Gasteiger partial charge < -0.3 is 16.4 Å². The summed E-state index contributed by atoms with van der Waals surface area (Å²) in [6.07, 6.45) is 3.98. The standard InChI is InChI=1S/C25H24N6O/c1-28-14-22(18-5-3-2-4-6-18)31-25-21-12-19(17-9-7-16(13-26)8-10-17)11-20(24(27)32)23(21)29-15-30-25/h2-10,12,15,19,22,28H,11,14H2,1H3,(H2,27,32)(H,29,30,31). The number of carbonyl (C=O) groups is 1. The van der Waals surface area contributed by atoms with Crippen LogP contribution in [0.3, 0.4) is 0 Å². The van der Waals surface area contributed by atoms with E-state index in [0.717, 1.165) is 16.3 Å². The van der Waals surface area contributed by atoms with Gasteiger partial charge in [0.15, 0.2) is 0 Å². The molecule has 2 unspecified atom stereocenters. The molecule has 0 spiro atoms. The van der Waals surface area contributed by atoms with E-state index in [4.69, 9.17) is 11.0 Å². The van der Waals surface area contributed by atoms with E-state index in [1.165, 1.54) is 6.33 Å². The van der Waals surface area contributed by atoms with Crippen LogP contribution in [0.1, 0.15) is 35.1 Å². The fraction of sp³-hybridized carbons (Fsp3) is 0.200. The maximum Gasteiger partial charge on any atom is 0.246 e. The molecule has 0 bridgehead atoms. The molecule has 1 aliphatic rings. The molecule has 2 aromatic carbocycles. The summed E-state index contributed by atoms with van der Waals surface area (Å²) < 4.78 is 0. The maximum atomic E-state index is 12.3. The largest absolute Gasteiger partial charge is 0.366 e. The van der Waals surface area contributed by atoms with Gasteiger partial charge >= 0.3 is 0 Å². The first-order valence-electron chi connectivity index (χ1n) is 10.4. The number of nitriles is 1. The monoisotopic (exact) mass is 424 g/mol. The second-order valence-electron chi connectivity index (χ2n) is 7.70. The summed E-state index contributed by atoms with van der Waals surface area (Å²) in [5.41, 5.74) is 8.92. The second kappa shape index (κ2) is 9.41. The lowest BCUT2D eigenvalue weighted by molar-refractivity contribution is -0.113. The first-order valence-corrected chi connectivity index (χ1v) is 10.4. The highest BCUT2D eigenvalue weighted by Crippen LogP contribution is 2.27. The van der Waals surface area contributed by atoms with Gasteiger partial charge in [0.2, 0.25) is 5.91 Å². The van der Waals surface area contributed by atoms with Crippen molar-refractivity contribution in [2.24, 2.45) is 5.73 Å². The lowest BCUT2D eigenvalue weighted by atomic mass is 9.87. The van der Waals surface area contributed by atoms with Gasteiger partial charge in [0.05, 0.1) is 23.0 Å². The Bertz CT molecular complexity index is 1280. The summed E-state index contributed by atoms with van der Waals surface area (Å²) in [5, 5.41) is 17.2. The molecule has 7 heteroatoms. The van der Waals surface area contributed by atoms with E-state index in [2.05, 4.69) is 44.9 Å². The molecule has 1 aliphatic carbocycles. The predicted octanol–water partition coefficient (Wildman–Crippen LogP) is 1.32. The average molecular weight is 425 g/mol. The van der Waals surface area contributed by atoms with E-state index < -0.39 is 5.91 Å². The molecule has 7 nitrogen and oxygen atoms in total. The highest BCUT2D eigenvalue weighted by Gasteiger charge is 2.23. The van der Waals surface area contributed by atoms with E-state index in [1.54, 1.807) is 12.1 Å². The highest BCUT2D eigenvalue weighted by atomic mass is 16.1. The predicted molar refractivity (Wildman–Crippen MR) is 124 cm³/mol. The van der Waals surface area contributed by atoms with Crippen LogP contribution in [0.2, 0.25) is 0 Å². The SMILES string of the molecule is CNCC(Nc1ncnc2c1=CC(c1ccc(C#N)cc1)CC=2C(N)=O)c1ccccc1. The zero-order chi connectivity index (χ0) is 22.5. The van der Waals surface area contributed by atoms with Gasteiger partial charge in [-0.15, -0.1) is 0 Å². The Kier molecular flexibility index (Phi) is 6.24. The number of nitrogens with two attached hydrogens (primary N) is 1. The van der Waals surface area contributed by atoms with Crippen molar-refractivity contribution in [1.29, 1.82) is 5.26 Å². The molecule has 0 saturated carbocycles. The fourth-order valence-corrected chi connectivity index (χ4v) is 4.03. The molecule has 0 radical (unpaired) electrons.